The lowest BCUT2D eigenvalue weighted by Gasteiger charge is -2.12. The fourth-order valence-corrected chi connectivity index (χ4v) is 3.35. The van der Waals surface area contributed by atoms with E-state index in [0.29, 0.717) is 16.0 Å². The van der Waals surface area contributed by atoms with Crippen molar-refractivity contribution < 1.29 is 17.9 Å². The summed E-state index contributed by atoms with van der Waals surface area (Å²) in [6, 6.07) is 6.07. The highest BCUT2D eigenvalue weighted by atomic mass is 79.9. The number of anilines is 2. The number of pyridine rings is 1. The van der Waals surface area contributed by atoms with Crippen LogP contribution in [0.2, 0.25) is 0 Å². The number of rotatable bonds is 5. The summed E-state index contributed by atoms with van der Waals surface area (Å²) >= 11 is 3.17. The molecule has 0 spiro atoms. The molecule has 2 rings (SSSR count). The third kappa shape index (κ3) is 3.60. The number of nitrogens with one attached hydrogen (secondary N) is 1. The van der Waals surface area contributed by atoms with Crippen molar-refractivity contribution in [3.63, 3.8) is 0 Å². The third-order valence-electron chi connectivity index (χ3n) is 2.74. The molecule has 1 aromatic carbocycles. The van der Waals surface area contributed by atoms with E-state index in [4.69, 9.17) is 15.2 Å². The second-order valence-corrected chi connectivity index (χ2v) is 6.81. The minimum absolute atomic E-state index is 0.0921. The van der Waals surface area contributed by atoms with E-state index in [9.17, 15) is 8.42 Å². The van der Waals surface area contributed by atoms with Gasteiger partial charge in [-0.2, -0.15) is 0 Å². The molecule has 0 radical (unpaired) electrons. The SMILES string of the molecule is COc1cc(NS(=O)(=O)c2cc(Br)cnc2N)cc(OC)c1. The number of benzene rings is 1. The molecule has 0 saturated carbocycles. The highest BCUT2D eigenvalue weighted by Crippen LogP contribution is 2.29. The van der Waals surface area contributed by atoms with Gasteiger partial charge in [-0.3, -0.25) is 4.72 Å². The largest absolute Gasteiger partial charge is 0.497 e. The fourth-order valence-electron chi connectivity index (χ4n) is 1.72. The van der Waals surface area contributed by atoms with E-state index in [1.165, 1.54) is 38.6 Å². The number of methoxy groups -OCH3 is 2. The average molecular weight is 388 g/mol. The Bertz CT molecular complexity index is 774. The molecule has 118 valence electrons. The first-order chi connectivity index (χ1) is 10.4. The lowest BCUT2D eigenvalue weighted by molar-refractivity contribution is 0.395. The van der Waals surface area contributed by atoms with Crippen molar-refractivity contribution in [2.45, 2.75) is 4.90 Å². The molecule has 0 aliphatic heterocycles. The van der Waals surface area contributed by atoms with Crippen LogP contribution in [-0.2, 0) is 10.0 Å². The Hall–Kier alpha value is -2.00. The van der Waals surface area contributed by atoms with Crippen LogP contribution in [0.5, 0.6) is 11.5 Å². The summed E-state index contributed by atoms with van der Waals surface area (Å²) in [4.78, 5) is 3.69. The van der Waals surface area contributed by atoms with Crippen LogP contribution >= 0.6 is 15.9 Å². The standard InChI is InChI=1S/C13H14BrN3O4S/c1-20-10-4-9(5-11(6-10)21-2)17-22(18,19)12-3-8(14)7-16-13(12)15/h3-7,17H,1-2H3,(H2,15,16). The molecule has 0 aliphatic carbocycles. The Balaban J connectivity index is 2.42. The lowest BCUT2D eigenvalue weighted by Crippen LogP contribution is -2.15. The molecule has 22 heavy (non-hydrogen) atoms. The monoisotopic (exact) mass is 387 g/mol. The molecule has 9 heteroatoms. The molecule has 0 atom stereocenters. The number of hydrogen-bond acceptors (Lipinski definition) is 6. The highest BCUT2D eigenvalue weighted by molar-refractivity contribution is 9.10. The predicted octanol–water partition coefficient (Wildman–Crippen LogP) is 2.24. The number of hydrogen-bond donors (Lipinski definition) is 2. The van der Waals surface area contributed by atoms with Crippen LogP contribution in [-0.4, -0.2) is 27.6 Å². The van der Waals surface area contributed by atoms with E-state index in [1.54, 1.807) is 6.07 Å². The molecule has 1 aromatic heterocycles. The first-order valence-electron chi connectivity index (χ1n) is 6.02. The number of nitrogens with two attached hydrogens (primary N) is 1. The van der Waals surface area contributed by atoms with Crippen molar-refractivity contribution in [3.8, 4) is 11.5 Å². The van der Waals surface area contributed by atoms with Gasteiger partial charge >= 0.3 is 0 Å². The predicted molar refractivity (Wildman–Crippen MR) is 86.7 cm³/mol. The van der Waals surface area contributed by atoms with E-state index >= 15 is 0 Å². The zero-order valence-corrected chi connectivity index (χ0v) is 14.2. The normalized spacial score (nSPS) is 11.0. The van der Waals surface area contributed by atoms with Gasteiger partial charge in [-0.15, -0.1) is 0 Å². The number of nitrogens with zero attached hydrogens (tertiary/aromatic N) is 1. The number of sulfonamides is 1. The molecule has 3 N–H and O–H groups in total. The van der Waals surface area contributed by atoms with Gasteiger partial charge in [-0.05, 0) is 22.0 Å². The molecule has 0 bridgehead atoms. The van der Waals surface area contributed by atoms with Gasteiger partial charge in [0.25, 0.3) is 10.0 Å². The van der Waals surface area contributed by atoms with Gasteiger partial charge in [0.05, 0.1) is 19.9 Å². The Kier molecular flexibility index (Phi) is 4.77. The molecular formula is C13H14BrN3O4S. The van der Waals surface area contributed by atoms with Crippen molar-refractivity contribution in [2.75, 3.05) is 24.7 Å². The molecule has 0 fully saturated rings. The minimum Gasteiger partial charge on any atom is -0.497 e. The topological polar surface area (TPSA) is 104 Å². The van der Waals surface area contributed by atoms with E-state index in [0.717, 1.165) is 0 Å². The van der Waals surface area contributed by atoms with Gasteiger partial charge in [-0.1, -0.05) is 0 Å². The van der Waals surface area contributed by atoms with Gasteiger partial charge in [0.2, 0.25) is 0 Å². The fraction of sp³-hybridized carbons (Fsp3) is 0.154. The average Bonchev–Trinajstić information content (AvgIpc) is 2.48. The van der Waals surface area contributed by atoms with E-state index in [2.05, 4.69) is 25.6 Å². The summed E-state index contributed by atoms with van der Waals surface area (Å²) in [7, 11) is -0.944. The zero-order chi connectivity index (χ0) is 16.3. The van der Waals surface area contributed by atoms with Gasteiger partial charge in [-0.25, -0.2) is 13.4 Å². The molecule has 0 unspecified atom stereocenters. The van der Waals surface area contributed by atoms with Gasteiger partial charge < -0.3 is 15.2 Å². The summed E-state index contributed by atoms with van der Waals surface area (Å²) < 4.78 is 38.0. The van der Waals surface area contributed by atoms with Crippen molar-refractivity contribution in [2.24, 2.45) is 0 Å². The summed E-state index contributed by atoms with van der Waals surface area (Å²) in [5, 5.41) is 0. The Morgan fingerprint density at radius 2 is 1.73 bits per heavy atom. The van der Waals surface area contributed by atoms with Crippen LogP contribution in [0.1, 0.15) is 0 Å². The van der Waals surface area contributed by atoms with Gasteiger partial charge in [0.1, 0.15) is 22.2 Å². The maximum atomic E-state index is 12.4. The summed E-state index contributed by atoms with van der Waals surface area (Å²) in [5.41, 5.74) is 5.93. The first-order valence-corrected chi connectivity index (χ1v) is 8.30. The van der Waals surface area contributed by atoms with Crippen molar-refractivity contribution in [1.29, 1.82) is 0 Å². The summed E-state index contributed by atoms with van der Waals surface area (Å²) in [5.74, 6) is 0.820. The van der Waals surface area contributed by atoms with Crippen LogP contribution in [0.3, 0.4) is 0 Å². The van der Waals surface area contributed by atoms with Crippen molar-refractivity contribution in [1.82, 2.24) is 4.98 Å². The number of nitrogen functional groups attached to an aromatic ring is 1. The molecule has 0 saturated heterocycles. The first kappa shape index (κ1) is 16.4. The molecule has 0 aliphatic rings. The Morgan fingerprint density at radius 3 is 2.27 bits per heavy atom. The van der Waals surface area contributed by atoms with Crippen LogP contribution in [0.25, 0.3) is 0 Å². The Morgan fingerprint density at radius 1 is 1.14 bits per heavy atom. The van der Waals surface area contributed by atoms with Crippen LogP contribution in [0.15, 0.2) is 39.8 Å². The minimum atomic E-state index is -3.90. The van der Waals surface area contributed by atoms with Gasteiger partial charge in [0.15, 0.2) is 0 Å². The smallest absolute Gasteiger partial charge is 0.265 e. The molecule has 0 amide bonds. The van der Waals surface area contributed by atoms with Crippen LogP contribution in [0, 0.1) is 0 Å². The van der Waals surface area contributed by atoms with Crippen LogP contribution in [0.4, 0.5) is 11.5 Å². The van der Waals surface area contributed by atoms with E-state index < -0.39 is 10.0 Å². The lowest BCUT2D eigenvalue weighted by atomic mass is 10.3. The number of ether oxygens (including phenoxy) is 2. The zero-order valence-electron chi connectivity index (χ0n) is 11.8. The maximum absolute atomic E-state index is 12.4. The number of aromatic nitrogens is 1. The quantitative estimate of drug-likeness (QED) is 0.814. The van der Waals surface area contributed by atoms with Crippen LogP contribution < -0.4 is 19.9 Å². The molecule has 2 aromatic rings. The van der Waals surface area contributed by atoms with Crippen molar-refractivity contribution in [3.05, 3.63) is 34.9 Å². The maximum Gasteiger partial charge on any atom is 0.265 e. The van der Waals surface area contributed by atoms with Crippen molar-refractivity contribution >= 4 is 37.5 Å². The summed E-state index contributed by atoms with van der Waals surface area (Å²) in [6.07, 6.45) is 1.42. The second kappa shape index (κ2) is 6.41. The molecule has 1 heterocycles. The van der Waals surface area contributed by atoms with E-state index in [1.807, 2.05) is 0 Å². The number of halogens is 1. The summed E-state index contributed by atoms with van der Waals surface area (Å²) in [6.45, 7) is 0. The second-order valence-electron chi connectivity index (χ2n) is 4.24. The van der Waals surface area contributed by atoms with Gasteiger partial charge in [0, 0.05) is 28.9 Å². The molecule has 7 nitrogen and oxygen atoms in total. The molecular weight excluding hydrogens is 374 g/mol. The third-order valence-corrected chi connectivity index (χ3v) is 4.59. The Labute approximate surface area is 136 Å². The van der Waals surface area contributed by atoms with E-state index in [-0.39, 0.29) is 16.4 Å². The highest BCUT2D eigenvalue weighted by Gasteiger charge is 2.20.